The van der Waals surface area contributed by atoms with Crippen LogP contribution < -0.4 is 4.90 Å². The minimum absolute atomic E-state index is 0.0931. The van der Waals surface area contributed by atoms with Crippen LogP contribution in [-0.4, -0.2) is 80.9 Å². The number of benzene rings is 1. The fraction of sp³-hybridized carbons (Fsp3) is 0.500. The Morgan fingerprint density at radius 2 is 2.15 bits per heavy atom. The van der Waals surface area contributed by atoms with Gasteiger partial charge in [0, 0.05) is 26.3 Å². The largest absolute Gasteiger partial charge is 0.376 e. The highest BCUT2D eigenvalue weighted by molar-refractivity contribution is 5.95. The Morgan fingerprint density at radius 3 is 2.88 bits per heavy atom. The summed E-state index contributed by atoms with van der Waals surface area (Å²) in [6.45, 7) is 1.70. The van der Waals surface area contributed by atoms with Gasteiger partial charge in [0.1, 0.15) is 12.2 Å². The molecule has 1 spiro atoms. The standard InChI is InChI=1S/C18H22N4O4/c1-20(2)17(24)21-6-7-25-13-18(11-21)12-22(16(23)10-26-18)15-5-3-4-14(8-15)9-19/h3-5,8H,6-7,10-13H2,1-2H3. The van der Waals surface area contributed by atoms with Gasteiger partial charge in [-0.25, -0.2) is 4.79 Å². The Labute approximate surface area is 152 Å². The molecule has 3 amide bonds. The van der Waals surface area contributed by atoms with Crippen molar-refractivity contribution < 1.29 is 19.1 Å². The molecule has 2 heterocycles. The zero-order valence-electron chi connectivity index (χ0n) is 15.0. The van der Waals surface area contributed by atoms with E-state index in [1.807, 2.05) is 0 Å². The first-order chi connectivity index (χ1) is 12.4. The van der Waals surface area contributed by atoms with Gasteiger partial charge in [-0.05, 0) is 18.2 Å². The summed E-state index contributed by atoms with van der Waals surface area (Å²) in [5.41, 5.74) is 0.336. The molecule has 1 unspecified atom stereocenters. The van der Waals surface area contributed by atoms with Crippen molar-refractivity contribution in [2.75, 3.05) is 58.5 Å². The Bertz CT molecular complexity index is 745. The maximum absolute atomic E-state index is 12.4. The highest BCUT2D eigenvalue weighted by Crippen LogP contribution is 2.28. The molecule has 0 saturated carbocycles. The van der Waals surface area contributed by atoms with Crippen LogP contribution in [0.3, 0.4) is 0 Å². The lowest BCUT2D eigenvalue weighted by atomic mass is 10.0. The molecule has 0 bridgehead atoms. The molecule has 2 aliphatic rings. The highest BCUT2D eigenvalue weighted by atomic mass is 16.6. The summed E-state index contributed by atoms with van der Waals surface area (Å²) >= 11 is 0. The molecule has 2 saturated heterocycles. The van der Waals surface area contributed by atoms with Crippen molar-refractivity contribution in [1.82, 2.24) is 9.80 Å². The van der Waals surface area contributed by atoms with Crippen molar-refractivity contribution in [2.45, 2.75) is 5.60 Å². The number of carbonyl (C=O) groups excluding carboxylic acids is 2. The van der Waals surface area contributed by atoms with Gasteiger partial charge < -0.3 is 24.2 Å². The second kappa shape index (κ2) is 7.32. The van der Waals surface area contributed by atoms with Crippen molar-refractivity contribution in [1.29, 1.82) is 5.26 Å². The summed E-state index contributed by atoms with van der Waals surface area (Å²) < 4.78 is 11.6. The molecule has 0 aromatic heterocycles. The van der Waals surface area contributed by atoms with Gasteiger partial charge in [0.05, 0.1) is 37.9 Å². The third-order valence-electron chi connectivity index (χ3n) is 4.54. The van der Waals surface area contributed by atoms with Crippen LogP contribution in [-0.2, 0) is 14.3 Å². The van der Waals surface area contributed by atoms with Crippen molar-refractivity contribution in [3.8, 4) is 6.07 Å². The first-order valence-corrected chi connectivity index (χ1v) is 8.43. The number of ether oxygens (including phenoxy) is 2. The molecule has 1 aromatic carbocycles. The molecular weight excluding hydrogens is 336 g/mol. The Balaban J connectivity index is 1.86. The third kappa shape index (κ3) is 3.64. The fourth-order valence-corrected chi connectivity index (χ4v) is 3.23. The average Bonchev–Trinajstić information content (AvgIpc) is 2.86. The number of morpholine rings is 1. The summed E-state index contributed by atoms with van der Waals surface area (Å²) in [4.78, 5) is 29.6. The summed E-state index contributed by atoms with van der Waals surface area (Å²) in [6, 6.07) is 8.87. The molecule has 0 radical (unpaired) electrons. The van der Waals surface area contributed by atoms with Gasteiger partial charge in [-0.1, -0.05) is 6.07 Å². The maximum Gasteiger partial charge on any atom is 0.319 e. The Hall–Kier alpha value is -2.63. The van der Waals surface area contributed by atoms with Gasteiger partial charge in [-0.15, -0.1) is 0 Å². The molecule has 8 heteroatoms. The minimum Gasteiger partial charge on any atom is -0.376 e. The van der Waals surface area contributed by atoms with Crippen LogP contribution in [0.1, 0.15) is 5.56 Å². The van der Waals surface area contributed by atoms with E-state index < -0.39 is 5.60 Å². The van der Waals surface area contributed by atoms with Gasteiger partial charge in [-0.2, -0.15) is 5.26 Å². The van der Waals surface area contributed by atoms with E-state index >= 15 is 0 Å². The SMILES string of the molecule is CN(C)C(=O)N1CCOCC2(C1)CN(c1cccc(C#N)c1)C(=O)CO2. The Kier molecular flexibility index (Phi) is 5.11. The number of nitrogens with zero attached hydrogens (tertiary/aromatic N) is 4. The second-order valence-corrected chi connectivity index (χ2v) is 6.76. The van der Waals surface area contributed by atoms with E-state index in [1.165, 1.54) is 4.90 Å². The van der Waals surface area contributed by atoms with Crippen LogP contribution in [0.15, 0.2) is 24.3 Å². The quantitative estimate of drug-likeness (QED) is 0.737. The lowest BCUT2D eigenvalue weighted by Crippen LogP contribution is -2.61. The van der Waals surface area contributed by atoms with Gasteiger partial charge in [0.25, 0.3) is 5.91 Å². The number of nitriles is 1. The molecule has 2 aliphatic heterocycles. The topological polar surface area (TPSA) is 86.1 Å². The molecule has 26 heavy (non-hydrogen) atoms. The second-order valence-electron chi connectivity index (χ2n) is 6.76. The number of amides is 3. The van der Waals surface area contributed by atoms with Gasteiger partial charge in [-0.3, -0.25) is 4.79 Å². The third-order valence-corrected chi connectivity index (χ3v) is 4.54. The summed E-state index contributed by atoms with van der Waals surface area (Å²) in [7, 11) is 3.40. The van der Waals surface area contributed by atoms with E-state index in [0.29, 0.717) is 37.6 Å². The molecule has 3 rings (SSSR count). The van der Waals surface area contributed by atoms with Crippen LogP contribution >= 0.6 is 0 Å². The highest BCUT2D eigenvalue weighted by Gasteiger charge is 2.44. The monoisotopic (exact) mass is 358 g/mol. The normalized spacial score (nSPS) is 23.5. The zero-order chi connectivity index (χ0) is 18.7. The van der Waals surface area contributed by atoms with Crippen molar-refractivity contribution >= 4 is 17.6 Å². The van der Waals surface area contributed by atoms with E-state index in [0.717, 1.165) is 0 Å². The fourth-order valence-electron chi connectivity index (χ4n) is 3.23. The molecule has 1 atom stereocenters. The summed E-state index contributed by atoms with van der Waals surface area (Å²) in [6.07, 6.45) is 0. The molecular formula is C18H22N4O4. The molecule has 1 aromatic rings. The van der Waals surface area contributed by atoms with Gasteiger partial charge >= 0.3 is 6.03 Å². The predicted molar refractivity (Wildman–Crippen MR) is 93.7 cm³/mol. The number of urea groups is 1. The molecule has 2 fully saturated rings. The average molecular weight is 358 g/mol. The van der Waals surface area contributed by atoms with Gasteiger partial charge in [0.2, 0.25) is 0 Å². The minimum atomic E-state index is -0.793. The zero-order valence-corrected chi connectivity index (χ0v) is 15.0. The van der Waals surface area contributed by atoms with E-state index in [2.05, 4.69) is 6.07 Å². The number of hydrogen-bond acceptors (Lipinski definition) is 5. The smallest absolute Gasteiger partial charge is 0.319 e. The van der Waals surface area contributed by atoms with Crippen molar-refractivity contribution in [2.24, 2.45) is 0 Å². The van der Waals surface area contributed by atoms with Crippen molar-refractivity contribution in [3.63, 3.8) is 0 Å². The van der Waals surface area contributed by atoms with Gasteiger partial charge in [0.15, 0.2) is 0 Å². The number of rotatable bonds is 1. The van der Waals surface area contributed by atoms with E-state index in [9.17, 15) is 9.59 Å². The molecule has 138 valence electrons. The van der Waals surface area contributed by atoms with Crippen LogP contribution in [0.5, 0.6) is 0 Å². The van der Waals surface area contributed by atoms with E-state index in [-0.39, 0.29) is 25.1 Å². The van der Waals surface area contributed by atoms with E-state index in [1.54, 1.807) is 48.2 Å². The first-order valence-electron chi connectivity index (χ1n) is 8.43. The van der Waals surface area contributed by atoms with Crippen molar-refractivity contribution in [3.05, 3.63) is 29.8 Å². The van der Waals surface area contributed by atoms with Crippen LogP contribution in [0, 0.1) is 11.3 Å². The summed E-state index contributed by atoms with van der Waals surface area (Å²) in [5, 5.41) is 9.11. The molecule has 0 N–H and O–H groups in total. The molecule has 0 aliphatic carbocycles. The van der Waals surface area contributed by atoms with Crippen LogP contribution in [0.4, 0.5) is 10.5 Å². The molecule has 8 nitrogen and oxygen atoms in total. The van der Waals surface area contributed by atoms with Crippen LogP contribution in [0.25, 0.3) is 0 Å². The number of carbonyl (C=O) groups is 2. The lowest BCUT2D eigenvalue weighted by Gasteiger charge is -2.43. The Morgan fingerprint density at radius 1 is 1.35 bits per heavy atom. The summed E-state index contributed by atoms with van der Waals surface area (Å²) in [5.74, 6) is -0.180. The maximum atomic E-state index is 12.4. The lowest BCUT2D eigenvalue weighted by molar-refractivity contribution is -0.145. The van der Waals surface area contributed by atoms with E-state index in [4.69, 9.17) is 14.7 Å². The van der Waals surface area contributed by atoms with Crippen LogP contribution in [0.2, 0.25) is 0 Å². The predicted octanol–water partition coefficient (Wildman–Crippen LogP) is 0.674. The number of hydrogen-bond donors (Lipinski definition) is 0. The first kappa shape index (κ1) is 18.2. The number of anilines is 1.